The van der Waals surface area contributed by atoms with E-state index in [0.29, 0.717) is 12.1 Å². The summed E-state index contributed by atoms with van der Waals surface area (Å²) < 4.78 is 3.06. The average molecular weight is 353 g/mol. The van der Waals surface area contributed by atoms with E-state index in [-0.39, 0.29) is 18.5 Å². The monoisotopic (exact) mass is 353 g/mol. The van der Waals surface area contributed by atoms with E-state index in [9.17, 15) is 14.4 Å². The predicted molar refractivity (Wildman–Crippen MR) is 95.6 cm³/mol. The second-order valence-electron chi connectivity index (χ2n) is 5.99. The van der Waals surface area contributed by atoms with Crippen LogP contribution >= 0.6 is 0 Å². The summed E-state index contributed by atoms with van der Waals surface area (Å²) in [5.41, 5.74) is 0.255. The summed E-state index contributed by atoms with van der Waals surface area (Å²) in [4.78, 5) is 42.0. The van der Waals surface area contributed by atoms with Gasteiger partial charge in [0.1, 0.15) is 6.54 Å². The van der Waals surface area contributed by atoms with Crippen molar-refractivity contribution in [2.45, 2.75) is 26.1 Å². The van der Waals surface area contributed by atoms with Crippen LogP contribution < -0.4 is 16.6 Å². The average Bonchev–Trinajstić information content (AvgIpc) is 3.13. The van der Waals surface area contributed by atoms with E-state index in [4.69, 9.17) is 0 Å². The molecule has 0 bridgehead atoms. The number of aromatic nitrogens is 4. The number of H-pyrrole nitrogens is 1. The Bertz CT molecular complexity index is 990. The molecule has 0 saturated heterocycles. The molecule has 0 saturated carbocycles. The van der Waals surface area contributed by atoms with Gasteiger partial charge in [-0.3, -0.25) is 19.1 Å². The Hall–Kier alpha value is -3.42. The van der Waals surface area contributed by atoms with Gasteiger partial charge in [-0.25, -0.2) is 9.78 Å². The number of imidazole rings is 1. The maximum absolute atomic E-state index is 12.5. The van der Waals surface area contributed by atoms with Crippen LogP contribution in [0.4, 0.5) is 0 Å². The van der Waals surface area contributed by atoms with E-state index in [1.165, 1.54) is 10.8 Å². The van der Waals surface area contributed by atoms with E-state index in [0.717, 1.165) is 5.56 Å². The van der Waals surface area contributed by atoms with Crippen molar-refractivity contribution < 1.29 is 4.79 Å². The van der Waals surface area contributed by atoms with Crippen molar-refractivity contribution in [1.29, 1.82) is 0 Å². The zero-order valence-electron chi connectivity index (χ0n) is 14.3. The Morgan fingerprint density at radius 2 is 2.04 bits per heavy atom. The third-order valence-electron chi connectivity index (χ3n) is 3.99. The zero-order chi connectivity index (χ0) is 18.5. The quantitative estimate of drug-likeness (QED) is 0.677. The van der Waals surface area contributed by atoms with Crippen LogP contribution in [0.5, 0.6) is 0 Å². The molecule has 0 aliphatic heterocycles. The molecule has 8 heteroatoms. The van der Waals surface area contributed by atoms with Gasteiger partial charge in [0, 0.05) is 30.7 Å². The number of aryl methyl sites for hydroxylation is 1. The molecule has 2 aromatic heterocycles. The van der Waals surface area contributed by atoms with E-state index in [1.807, 2.05) is 41.1 Å². The van der Waals surface area contributed by atoms with Crippen molar-refractivity contribution in [3.8, 4) is 0 Å². The van der Waals surface area contributed by atoms with Gasteiger partial charge in [0.15, 0.2) is 0 Å². The number of benzene rings is 1. The first-order valence-electron chi connectivity index (χ1n) is 8.13. The van der Waals surface area contributed by atoms with E-state index in [2.05, 4.69) is 15.3 Å². The molecule has 26 heavy (non-hydrogen) atoms. The molecule has 0 fully saturated rings. The molecule has 0 aliphatic carbocycles. The third-order valence-corrected chi connectivity index (χ3v) is 3.99. The lowest BCUT2D eigenvalue weighted by Gasteiger charge is -2.20. The van der Waals surface area contributed by atoms with E-state index < -0.39 is 11.2 Å². The van der Waals surface area contributed by atoms with Crippen molar-refractivity contribution in [2.75, 3.05) is 0 Å². The fourth-order valence-corrected chi connectivity index (χ4v) is 2.66. The molecule has 3 rings (SSSR count). The molecule has 1 unspecified atom stereocenters. The summed E-state index contributed by atoms with van der Waals surface area (Å²) in [7, 11) is 0. The highest BCUT2D eigenvalue weighted by molar-refractivity contribution is 5.76. The minimum absolute atomic E-state index is 0.177. The van der Waals surface area contributed by atoms with Crippen LogP contribution in [0.3, 0.4) is 0 Å². The minimum atomic E-state index is -0.610. The first kappa shape index (κ1) is 17.4. The molecule has 1 aromatic carbocycles. The Labute approximate surface area is 149 Å². The molecular formula is C18H19N5O3. The van der Waals surface area contributed by atoms with Crippen LogP contribution in [0.15, 0.2) is 64.8 Å². The molecule has 3 aromatic rings. The van der Waals surface area contributed by atoms with Gasteiger partial charge >= 0.3 is 5.69 Å². The molecular weight excluding hydrogens is 334 g/mol. The summed E-state index contributed by atoms with van der Waals surface area (Å²) in [5.74, 6) is -0.326. The molecule has 0 aliphatic rings. The van der Waals surface area contributed by atoms with Crippen LogP contribution in [-0.4, -0.2) is 25.0 Å². The number of hydrogen-bond acceptors (Lipinski definition) is 4. The second-order valence-corrected chi connectivity index (χ2v) is 5.99. The number of carbonyl (C=O) groups is 1. The van der Waals surface area contributed by atoms with Gasteiger partial charge in [0.05, 0.1) is 12.4 Å². The van der Waals surface area contributed by atoms with Gasteiger partial charge < -0.3 is 9.88 Å². The topological polar surface area (TPSA) is 102 Å². The maximum Gasteiger partial charge on any atom is 0.328 e. The van der Waals surface area contributed by atoms with Gasteiger partial charge in [-0.15, -0.1) is 0 Å². The van der Waals surface area contributed by atoms with Crippen molar-refractivity contribution in [1.82, 2.24) is 24.4 Å². The van der Waals surface area contributed by atoms with Gasteiger partial charge in [0.25, 0.3) is 5.56 Å². The Kier molecular flexibility index (Phi) is 5.12. The molecule has 1 atom stereocenters. The third kappa shape index (κ3) is 4.15. The van der Waals surface area contributed by atoms with Crippen molar-refractivity contribution in [3.05, 3.63) is 87.2 Å². The van der Waals surface area contributed by atoms with Crippen molar-refractivity contribution in [3.63, 3.8) is 0 Å². The first-order valence-corrected chi connectivity index (χ1v) is 8.13. The smallest absolute Gasteiger partial charge is 0.328 e. The highest BCUT2D eigenvalue weighted by Gasteiger charge is 2.16. The zero-order valence-corrected chi connectivity index (χ0v) is 14.3. The molecule has 2 heterocycles. The van der Waals surface area contributed by atoms with Crippen LogP contribution in [0.2, 0.25) is 0 Å². The summed E-state index contributed by atoms with van der Waals surface area (Å²) in [6.45, 7) is 1.91. The standard InChI is InChI=1S/C18H19N5O3/c1-13-9-23(18(26)21-17(13)25)11-16(24)20-15(10-22-8-7-19-12-22)14-5-3-2-4-6-14/h2-9,12,15H,10-11H2,1H3,(H,20,24)(H,21,25,26). The fourth-order valence-electron chi connectivity index (χ4n) is 2.66. The van der Waals surface area contributed by atoms with Gasteiger partial charge in [-0.1, -0.05) is 30.3 Å². The summed E-state index contributed by atoms with van der Waals surface area (Å²) in [6, 6.07) is 9.28. The fraction of sp³-hybridized carbons (Fsp3) is 0.222. The highest BCUT2D eigenvalue weighted by Crippen LogP contribution is 2.15. The SMILES string of the molecule is Cc1cn(CC(=O)NC(Cn2ccnc2)c2ccccc2)c(=O)[nH]c1=O. The second kappa shape index (κ2) is 7.64. The highest BCUT2D eigenvalue weighted by atomic mass is 16.2. The normalized spacial score (nSPS) is 11.9. The van der Waals surface area contributed by atoms with Gasteiger partial charge in [0.2, 0.25) is 5.91 Å². The van der Waals surface area contributed by atoms with Crippen LogP contribution in [-0.2, 0) is 17.9 Å². The van der Waals surface area contributed by atoms with Crippen LogP contribution in [0.25, 0.3) is 0 Å². The minimum Gasteiger partial charge on any atom is -0.346 e. The lowest BCUT2D eigenvalue weighted by Crippen LogP contribution is -2.38. The number of hydrogen-bond donors (Lipinski definition) is 2. The number of carbonyl (C=O) groups excluding carboxylic acids is 1. The van der Waals surface area contributed by atoms with Crippen molar-refractivity contribution >= 4 is 5.91 Å². The Morgan fingerprint density at radius 3 is 2.73 bits per heavy atom. The van der Waals surface area contributed by atoms with Gasteiger partial charge in [-0.05, 0) is 12.5 Å². The lowest BCUT2D eigenvalue weighted by molar-refractivity contribution is -0.122. The Morgan fingerprint density at radius 1 is 1.27 bits per heavy atom. The molecule has 1 amide bonds. The van der Waals surface area contributed by atoms with Crippen LogP contribution in [0, 0.1) is 6.92 Å². The summed E-state index contributed by atoms with van der Waals surface area (Å²) in [6.07, 6.45) is 6.55. The number of amides is 1. The number of rotatable bonds is 6. The maximum atomic E-state index is 12.5. The van der Waals surface area contributed by atoms with Crippen molar-refractivity contribution in [2.24, 2.45) is 0 Å². The molecule has 8 nitrogen and oxygen atoms in total. The number of aromatic amines is 1. The molecule has 134 valence electrons. The molecule has 0 spiro atoms. The number of nitrogens with zero attached hydrogens (tertiary/aromatic N) is 3. The summed E-state index contributed by atoms with van der Waals surface area (Å²) in [5, 5.41) is 2.94. The summed E-state index contributed by atoms with van der Waals surface area (Å²) >= 11 is 0. The number of nitrogens with one attached hydrogen (secondary N) is 2. The van der Waals surface area contributed by atoms with E-state index in [1.54, 1.807) is 19.4 Å². The van der Waals surface area contributed by atoms with Crippen LogP contribution in [0.1, 0.15) is 17.2 Å². The lowest BCUT2D eigenvalue weighted by atomic mass is 10.1. The largest absolute Gasteiger partial charge is 0.346 e. The molecule has 2 N–H and O–H groups in total. The Balaban J connectivity index is 1.78. The molecule has 0 radical (unpaired) electrons. The van der Waals surface area contributed by atoms with Gasteiger partial charge in [-0.2, -0.15) is 0 Å². The predicted octanol–water partition coefficient (Wildman–Crippen LogP) is 0.599. The first-order chi connectivity index (χ1) is 12.5. The van der Waals surface area contributed by atoms with E-state index >= 15 is 0 Å².